The van der Waals surface area contributed by atoms with Gasteiger partial charge in [-0.1, -0.05) is 80.6 Å². The van der Waals surface area contributed by atoms with Crippen LogP contribution in [0.3, 0.4) is 0 Å². The molecule has 444 valence electrons. The Kier molecular flexibility index (Phi) is 19.1. The summed E-state index contributed by atoms with van der Waals surface area (Å²) in [7, 11) is 0. The Hall–Kier alpha value is -7.27. The molecule has 3 aromatic heterocycles. The number of aryl methyl sites for hydroxylation is 1. The van der Waals surface area contributed by atoms with Crippen LogP contribution in [0.4, 0.5) is 10.2 Å². The van der Waals surface area contributed by atoms with Gasteiger partial charge in [0.1, 0.15) is 41.8 Å². The van der Waals surface area contributed by atoms with Crippen LogP contribution >= 0.6 is 22.9 Å². The van der Waals surface area contributed by atoms with E-state index in [9.17, 15) is 24.6 Å². The first-order chi connectivity index (χ1) is 40.5. The number of aliphatic hydroxyl groups is 1. The van der Waals surface area contributed by atoms with Crippen molar-refractivity contribution >= 4 is 68.2 Å². The zero-order valence-electron chi connectivity index (χ0n) is 47.8. The molecule has 3 N–H and O–H groups in total. The number of nitrogens with zero attached hydrogens (tertiary/aromatic N) is 8. The Morgan fingerprint density at radius 2 is 1.69 bits per heavy atom. The number of β-amino-alcohol motifs (C(OH)–C–C–N with tert-alkyl or cyclic N) is 1. The zero-order valence-corrected chi connectivity index (χ0v) is 49.4. The third-order valence-electron chi connectivity index (χ3n) is 15.8. The van der Waals surface area contributed by atoms with Crippen molar-refractivity contribution in [2.45, 2.75) is 90.2 Å². The number of nitrogens with one attached hydrogen (secondary N) is 1. The molecular formula is C62H71ClFN9O10S. The van der Waals surface area contributed by atoms with Crippen LogP contribution in [0.1, 0.15) is 75.9 Å². The highest BCUT2D eigenvalue weighted by Gasteiger charge is 2.44. The number of hydrogen-bond donors (Lipinski definition) is 3. The van der Waals surface area contributed by atoms with Gasteiger partial charge in [0, 0.05) is 75.8 Å². The Bertz CT molecular complexity index is 3480. The number of piperazine rings is 1. The minimum atomic E-state index is -0.864. The number of phenolic OH excluding ortho intramolecular Hbond substituents is 1. The summed E-state index contributed by atoms with van der Waals surface area (Å²) in [5.74, 6) is -1.60. The summed E-state index contributed by atoms with van der Waals surface area (Å²) in [5, 5.41) is 30.5. The number of benzene rings is 4. The maximum atomic E-state index is 17.2. The lowest BCUT2D eigenvalue weighted by Crippen LogP contribution is -2.48. The second-order valence-electron chi connectivity index (χ2n) is 22.1. The molecule has 3 fully saturated rings. The number of carbonyl (C=O) groups excluding carboxylic acids is 3. The summed E-state index contributed by atoms with van der Waals surface area (Å²) in [6.45, 7) is 18.2. The number of aliphatic hydroxyl groups excluding tert-OH is 1. The fraction of sp³-hybridized carbons (Fsp3) is 0.435. The van der Waals surface area contributed by atoms with E-state index in [0.717, 1.165) is 53.0 Å². The van der Waals surface area contributed by atoms with Crippen LogP contribution < -0.4 is 19.7 Å². The molecule has 0 radical (unpaired) electrons. The van der Waals surface area contributed by atoms with Gasteiger partial charge in [-0.3, -0.25) is 19.3 Å². The van der Waals surface area contributed by atoms with Gasteiger partial charge in [-0.2, -0.15) is 9.97 Å². The molecule has 3 amide bonds. The monoisotopic (exact) mass is 1190 g/mol. The number of likely N-dealkylation sites (tertiary alicyclic amines) is 2. The topological polar surface area (TPSA) is 218 Å². The molecule has 19 nitrogen and oxygen atoms in total. The summed E-state index contributed by atoms with van der Waals surface area (Å²) in [6, 6.07) is 20.5. The van der Waals surface area contributed by atoms with Gasteiger partial charge in [0.15, 0.2) is 11.6 Å². The highest BCUT2D eigenvalue weighted by molar-refractivity contribution is 7.13. The minimum Gasteiger partial charge on any atom is -0.508 e. The van der Waals surface area contributed by atoms with E-state index in [-0.39, 0.29) is 102 Å². The van der Waals surface area contributed by atoms with E-state index in [4.69, 9.17) is 40.1 Å². The maximum absolute atomic E-state index is 17.2. The molecule has 5 atom stereocenters. The highest BCUT2D eigenvalue weighted by Crippen LogP contribution is 2.43. The number of carbonyl (C=O) groups is 3. The maximum Gasteiger partial charge on any atom is 0.319 e. The lowest BCUT2D eigenvalue weighted by molar-refractivity contribution is -0.141. The molecule has 84 heavy (non-hydrogen) atoms. The Morgan fingerprint density at radius 1 is 0.940 bits per heavy atom. The number of thiazole rings is 1. The first-order valence-electron chi connectivity index (χ1n) is 28.6. The fourth-order valence-electron chi connectivity index (χ4n) is 11.5. The number of aromatic nitrogens is 4. The Morgan fingerprint density at radius 3 is 2.42 bits per heavy atom. The average molecular weight is 1190 g/mol. The van der Waals surface area contributed by atoms with Crippen molar-refractivity contribution in [3.63, 3.8) is 0 Å². The van der Waals surface area contributed by atoms with Gasteiger partial charge in [-0.05, 0) is 96.4 Å². The minimum absolute atomic E-state index is 0.00738. The molecule has 7 aromatic rings. The van der Waals surface area contributed by atoms with E-state index in [1.54, 1.807) is 34.4 Å². The summed E-state index contributed by atoms with van der Waals surface area (Å²) >= 11 is 8.51. The van der Waals surface area contributed by atoms with Crippen molar-refractivity contribution in [3.8, 4) is 39.2 Å². The first kappa shape index (κ1) is 59.9. The van der Waals surface area contributed by atoms with Crippen molar-refractivity contribution < 1.29 is 52.5 Å². The number of hydrogen-bond acceptors (Lipinski definition) is 17. The number of rotatable bonds is 22. The number of fused-ring (bicyclic) bond motifs is 2. The SMILES string of the molecule is C=CC(=O)N1CCN(c2nc(O[C@H](C)CN3CCC(OCCOCCOc4cc(C(C(=O)N5C[C@H](O)C[C@H]5C(=O)N[C@@H](C)c5ccc(-c6scnc6C)cc5)C(C)C)on4)CC3)nc3c(F)c(-c4cc(O)cc5ccccc45)c(Cl)cc23)CC1. The first-order valence-corrected chi connectivity index (χ1v) is 29.8. The van der Waals surface area contributed by atoms with E-state index in [1.807, 2.05) is 93.6 Å². The third kappa shape index (κ3) is 13.6. The second kappa shape index (κ2) is 26.8. The van der Waals surface area contributed by atoms with Crippen molar-refractivity contribution in [2.75, 3.05) is 83.7 Å². The lowest BCUT2D eigenvalue weighted by atomic mass is 9.91. The molecule has 0 bridgehead atoms. The molecule has 3 saturated heterocycles. The predicted octanol–water partition coefficient (Wildman–Crippen LogP) is 9.13. The van der Waals surface area contributed by atoms with Crippen LogP contribution in [0.5, 0.6) is 17.6 Å². The second-order valence-corrected chi connectivity index (χ2v) is 23.3. The molecule has 4 aromatic carbocycles. The van der Waals surface area contributed by atoms with Gasteiger partial charge in [0.2, 0.25) is 17.7 Å². The molecule has 3 aliphatic heterocycles. The smallest absolute Gasteiger partial charge is 0.319 e. The van der Waals surface area contributed by atoms with E-state index < -0.39 is 23.9 Å². The molecule has 3 aliphatic rings. The van der Waals surface area contributed by atoms with E-state index >= 15 is 4.39 Å². The van der Waals surface area contributed by atoms with E-state index in [0.29, 0.717) is 73.9 Å². The van der Waals surface area contributed by atoms with Crippen molar-refractivity contribution in [3.05, 3.63) is 119 Å². The number of amides is 3. The van der Waals surface area contributed by atoms with Crippen LogP contribution in [-0.2, 0) is 23.9 Å². The fourth-order valence-corrected chi connectivity index (χ4v) is 12.6. The van der Waals surface area contributed by atoms with Crippen molar-refractivity contribution in [1.29, 1.82) is 0 Å². The van der Waals surface area contributed by atoms with Crippen molar-refractivity contribution in [1.82, 2.24) is 40.1 Å². The van der Waals surface area contributed by atoms with Gasteiger partial charge in [-0.25, -0.2) is 9.37 Å². The van der Waals surface area contributed by atoms with Crippen LogP contribution in [-0.4, -0.2) is 166 Å². The molecule has 22 heteroatoms. The summed E-state index contributed by atoms with van der Waals surface area (Å²) in [6.07, 6.45) is 1.83. The van der Waals surface area contributed by atoms with Gasteiger partial charge in [0.25, 0.3) is 5.88 Å². The highest BCUT2D eigenvalue weighted by atomic mass is 35.5. The molecule has 1 unspecified atom stereocenters. The zero-order chi connectivity index (χ0) is 59.2. The molecule has 10 rings (SSSR count). The van der Waals surface area contributed by atoms with Crippen molar-refractivity contribution in [2.24, 2.45) is 5.92 Å². The van der Waals surface area contributed by atoms with Crippen LogP contribution in [0.25, 0.3) is 43.2 Å². The summed E-state index contributed by atoms with van der Waals surface area (Å²) in [4.78, 5) is 62.8. The molecule has 0 spiro atoms. The van der Waals surface area contributed by atoms with Crippen LogP contribution in [0, 0.1) is 18.7 Å². The van der Waals surface area contributed by atoms with Crippen LogP contribution in [0.2, 0.25) is 5.02 Å². The molecular weight excluding hydrogens is 1120 g/mol. The number of piperidine rings is 1. The molecule has 0 saturated carbocycles. The normalized spacial score (nSPS) is 18.1. The number of ether oxygens (including phenoxy) is 4. The third-order valence-corrected chi connectivity index (χ3v) is 17.1. The standard InChI is InChI=1S/C62H71ClFN9O10S/c1-7-53(76)71-20-22-72(23-21-71)59-48-31-49(63)55(47-29-43(74)28-42-10-8-9-11-46(42)47)56(64)57(48)67-62(68-59)82-37(4)33-70-18-16-45(17-19-70)80-26-24-79-25-27-81-52-32-51(83-69-52)54(36(2)3)61(78)73-34-44(75)30-50(73)60(77)66-38(5)40-12-14-41(15-13-40)58-39(6)65-35-84-58/h7-15,28-29,31-32,35-38,44-45,50,54,74-75H,1,16-27,30,33-34H2,2-6H3,(H,66,77)/t37-,38+,44-,50+,54?/m1/s1. The van der Waals surface area contributed by atoms with Crippen LogP contribution in [0.15, 0.2) is 95.5 Å². The molecule has 6 heterocycles. The summed E-state index contributed by atoms with van der Waals surface area (Å²) < 4.78 is 47.1. The molecule has 0 aliphatic carbocycles. The number of phenols is 1. The van der Waals surface area contributed by atoms with E-state index in [2.05, 4.69) is 31.9 Å². The average Bonchev–Trinajstić information content (AvgIpc) is 1.65. The van der Waals surface area contributed by atoms with Gasteiger partial charge in [0.05, 0.1) is 59.2 Å². The largest absolute Gasteiger partial charge is 0.508 e. The summed E-state index contributed by atoms with van der Waals surface area (Å²) in [5.41, 5.74) is 5.29. The number of halogens is 2. The van der Waals surface area contributed by atoms with E-state index in [1.165, 1.54) is 17.0 Å². The number of anilines is 1. The Balaban J connectivity index is 0.675. The van der Waals surface area contributed by atoms with Gasteiger partial charge in [-0.15, -0.1) is 11.3 Å². The van der Waals surface area contributed by atoms with Gasteiger partial charge >= 0.3 is 6.01 Å². The predicted molar refractivity (Wildman–Crippen MR) is 319 cm³/mol. The number of aromatic hydroxyl groups is 1. The Labute approximate surface area is 496 Å². The quantitative estimate of drug-likeness (QED) is 0.0426. The van der Waals surface area contributed by atoms with Gasteiger partial charge < -0.3 is 53.7 Å². The lowest BCUT2D eigenvalue weighted by Gasteiger charge is -2.35.